The molecule has 0 bridgehead atoms. The van der Waals surface area contributed by atoms with Crippen LogP contribution in [0.2, 0.25) is 0 Å². The number of likely N-dealkylation sites (tertiary alicyclic amines) is 1. The minimum absolute atomic E-state index is 0.141. The minimum atomic E-state index is -0.484. The number of carbonyl (C=O) groups is 1. The molecule has 0 aliphatic carbocycles. The largest absolute Gasteiger partial charge is 0.444 e. The van der Waals surface area contributed by atoms with Crippen molar-refractivity contribution in [3.8, 4) is 0 Å². The lowest BCUT2D eigenvalue weighted by atomic mass is 9.72. The summed E-state index contributed by atoms with van der Waals surface area (Å²) in [5, 5.41) is 0.450. The standard InChI is InChI=1S/C22H27FN4O2/c1-5-15-6-7-16-17(18(15)23)19(25-14-24-16)27-12-22(13-27)8-10-26(11-9-22)20(28)29-21(2,3)4/h5-7,14H,1,8-13H2,2-4H3. The fourth-order valence-corrected chi connectivity index (χ4v) is 4.23. The van der Waals surface area contributed by atoms with Gasteiger partial charge >= 0.3 is 6.09 Å². The molecule has 1 aromatic carbocycles. The molecule has 0 unspecified atom stereocenters. The van der Waals surface area contributed by atoms with Gasteiger partial charge in [-0.1, -0.05) is 12.7 Å². The van der Waals surface area contributed by atoms with Crippen LogP contribution in [0, 0.1) is 11.2 Å². The highest BCUT2D eigenvalue weighted by molar-refractivity contribution is 5.92. The van der Waals surface area contributed by atoms with Gasteiger partial charge in [-0.2, -0.15) is 0 Å². The molecular weight excluding hydrogens is 371 g/mol. The van der Waals surface area contributed by atoms with Crippen LogP contribution in [-0.2, 0) is 4.74 Å². The van der Waals surface area contributed by atoms with Crippen LogP contribution in [0.3, 0.4) is 0 Å². The molecule has 6 nitrogen and oxygen atoms in total. The number of benzene rings is 1. The molecule has 0 N–H and O–H groups in total. The number of ether oxygens (including phenoxy) is 1. The average molecular weight is 398 g/mol. The van der Waals surface area contributed by atoms with Crippen molar-refractivity contribution in [2.75, 3.05) is 31.1 Å². The monoisotopic (exact) mass is 398 g/mol. The third kappa shape index (κ3) is 3.66. The first kappa shape index (κ1) is 19.6. The summed E-state index contributed by atoms with van der Waals surface area (Å²) in [6.07, 6.45) is 4.57. The number of halogens is 1. The quantitative estimate of drug-likeness (QED) is 0.757. The van der Waals surface area contributed by atoms with Crippen molar-refractivity contribution >= 4 is 28.9 Å². The van der Waals surface area contributed by atoms with E-state index in [1.165, 1.54) is 12.4 Å². The van der Waals surface area contributed by atoms with E-state index in [2.05, 4.69) is 21.4 Å². The number of carbonyl (C=O) groups excluding carboxylic acids is 1. The number of nitrogens with zero attached hydrogens (tertiary/aromatic N) is 4. The first-order chi connectivity index (χ1) is 13.7. The Morgan fingerprint density at radius 1 is 1.24 bits per heavy atom. The molecule has 7 heteroatoms. The second-order valence-corrected chi connectivity index (χ2v) is 9.09. The van der Waals surface area contributed by atoms with Crippen molar-refractivity contribution in [3.63, 3.8) is 0 Å². The van der Waals surface area contributed by atoms with Gasteiger partial charge in [-0.05, 0) is 45.7 Å². The van der Waals surface area contributed by atoms with E-state index in [-0.39, 0.29) is 17.3 Å². The van der Waals surface area contributed by atoms with Gasteiger partial charge in [0.2, 0.25) is 0 Å². The first-order valence-corrected chi connectivity index (χ1v) is 10.00. The van der Waals surface area contributed by atoms with Gasteiger partial charge in [0, 0.05) is 37.2 Å². The van der Waals surface area contributed by atoms with Gasteiger partial charge in [0.1, 0.15) is 23.6 Å². The maximum atomic E-state index is 14.9. The van der Waals surface area contributed by atoms with Crippen molar-refractivity contribution < 1.29 is 13.9 Å². The summed E-state index contributed by atoms with van der Waals surface area (Å²) in [5.74, 6) is 0.310. The fourth-order valence-electron chi connectivity index (χ4n) is 4.23. The number of rotatable bonds is 2. The average Bonchev–Trinajstić information content (AvgIpc) is 2.65. The zero-order valence-electron chi connectivity index (χ0n) is 17.2. The first-order valence-electron chi connectivity index (χ1n) is 10.00. The van der Waals surface area contributed by atoms with Gasteiger partial charge < -0.3 is 14.5 Å². The lowest BCUT2D eigenvalue weighted by molar-refractivity contribution is 0.00592. The highest BCUT2D eigenvalue weighted by atomic mass is 19.1. The van der Waals surface area contributed by atoms with Crippen LogP contribution in [-0.4, -0.2) is 52.7 Å². The van der Waals surface area contributed by atoms with Gasteiger partial charge in [0.25, 0.3) is 0 Å². The summed E-state index contributed by atoms with van der Waals surface area (Å²) >= 11 is 0. The van der Waals surface area contributed by atoms with Gasteiger partial charge in [0.05, 0.1) is 10.9 Å². The topological polar surface area (TPSA) is 58.6 Å². The van der Waals surface area contributed by atoms with E-state index in [0.29, 0.717) is 35.4 Å². The van der Waals surface area contributed by atoms with Crippen molar-refractivity contribution in [3.05, 3.63) is 36.4 Å². The van der Waals surface area contributed by atoms with Crippen LogP contribution in [0.4, 0.5) is 15.0 Å². The molecule has 0 saturated carbocycles. The lowest BCUT2D eigenvalue weighted by Gasteiger charge is -2.54. The molecule has 2 aliphatic heterocycles. The fraction of sp³-hybridized carbons (Fsp3) is 0.500. The molecule has 1 spiro atoms. The predicted octanol–water partition coefficient (Wildman–Crippen LogP) is 4.25. The van der Waals surface area contributed by atoms with Crippen LogP contribution >= 0.6 is 0 Å². The highest BCUT2D eigenvalue weighted by Gasteiger charge is 2.47. The molecule has 4 rings (SSSR count). The second-order valence-electron chi connectivity index (χ2n) is 9.09. The van der Waals surface area contributed by atoms with E-state index < -0.39 is 5.60 Å². The molecule has 2 aliphatic rings. The highest BCUT2D eigenvalue weighted by Crippen LogP contribution is 2.44. The Morgan fingerprint density at radius 3 is 2.55 bits per heavy atom. The van der Waals surface area contributed by atoms with Crippen molar-refractivity contribution in [1.29, 1.82) is 0 Å². The molecular formula is C22H27FN4O2. The molecule has 1 amide bonds. The minimum Gasteiger partial charge on any atom is -0.444 e. The van der Waals surface area contributed by atoms with Gasteiger partial charge in [-0.3, -0.25) is 0 Å². The number of hydrogen-bond acceptors (Lipinski definition) is 5. The number of piperidine rings is 1. The summed E-state index contributed by atoms with van der Waals surface area (Å²) in [7, 11) is 0. The Morgan fingerprint density at radius 2 is 1.93 bits per heavy atom. The van der Waals surface area contributed by atoms with Crippen molar-refractivity contribution in [2.45, 2.75) is 39.2 Å². The molecule has 154 valence electrons. The number of aromatic nitrogens is 2. The maximum Gasteiger partial charge on any atom is 0.410 e. The lowest BCUT2D eigenvalue weighted by Crippen LogP contribution is -2.61. The van der Waals surface area contributed by atoms with Crippen molar-refractivity contribution in [2.24, 2.45) is 5.41 Å². The van der Waals surface area contributed by atoms with E-state index in [1.54, 1.807) is 17.0 Å². The summed E-state index contributed by atoms with van der Waals surface area (Å²) in [5.41, 5.74) is 0.706. The number of fused-ring (bicyclic) bond motifs is 1. The summed E-state index contributed by atoms with van der Waals surface area (Å²) in [6.45, 7) is 12.3. The predicted molar refractivity (Wildman–Crippen MR) is 111 cm³/mol. The number of amides is 1. The third-order valence-electron chi connectivity index (χ3n) is 5.80. The number of hydrogen-bond donors (Lipinski definition) is 0. The second kappa shape index (κ2) is 6.97. The van der Waals surface area contributed by atoms with Crippen molar-refractivity contribution in [1.82, 2.24) is 14.9 Å². The Kier molecular flexibility index (Phi) is 4.71. The SMILES string of the molecule is C=Cc1ccc2ncnc(N3CC4(CCN(C(=O)OC(C)(C)C)CC4)C3)c2c1F. The smallest absolute Gasteiger partial charge is 0.410 e. The summed E-state index contributed by atoms with van der Waals surface area (Å²) in [6, 6.07) is 3.49. The molecule has 3 heterocycles. The summed E-state index contributed by atoms with van der Waals surface area (Å²) < 4.78 is 20.4. The van der Waals surface area contributed by atoms with Gasteiger partial charge in [0.15, 0.2) is 0 Å². The Hall–Kier alpha value is -2.70. The van der Waals surface area contributed by atoms with Crippen LogP contribution in [0.25, 0.3) is 17.0 Å². The van der Waals surface area contributed by atoms with Crippen LogP contribution in [0.5, 0.6) is 0 Å². The molecule has 2 aromatic rings. The van der Waals surface area contributed by atoms with Crippen LogP contribution in [0.15, 0.2) is 25.0 Å². The van der Waals surface area contributed by atoms with E-state index in [1.807, 2.05) is 20.8 Å². The van der Waals surface area contributed by atoms with Gasteiger partial charge in [-0.25, -0.2) is 19.2 Å². The van der Waals surface area contributed by atoms with Gasteiger partial charge in [-0.15, -0.1) is 0 Å². The summed E-state index contributed by atoms with van der Waals surface area (Å²) in [4.78, 5) is 24.8. The van der Waals surface area contributed by atoms with E-state index in [9.17, 15) is 9.18 Å². The van der Waals surface area contributed by atoms with E-state index >= 15 is 0 Å². The zero-order chi connectivity index (χ0) is 20.8. The zero-order valence-corrected chi connectivity index (χ0v) is 17.2. The Labute approximate surface area is 170 Å². The number of anilines is 1. The molecule has 0 atom stereocenters. The molecule has 0 radical (unpaired) electrons. The molecule has 2 saturated heterocycles. The van der Waals surface area contributed by atoms with E-state index in [0.717, 1.165) is 25.9 Å². The molecule has 2 fully saturated rings. The van der Waals surface area contributed by atoms with Crippen LogP contribution in [0.1, 0.15) is 39.2 Å². The van der Waals surface area contributed by atoms with E-state index in [4.69, 9.17) is 4.74 Å². The van der Waals surface area contributed by atoms with Crippen LogP contribution < -0.4 is 4.90 Å². The molecule has 1 aromatic heterocycles. The normalized spacial score (nSPS) is 18.6. The Bertz CT molecular complexity index is 953. The molecule has 29 heavy (non-hydrogen) atoms. The maximum absolute atomic E-state index is 14.9. The third-order valence-corrected chi connectivity index (χ3v) is 5.80. The Balaban J connectivity index is 1.46.